The van der Waals surface area contributed by atoms with Crippen LogP contribution in [0.3, 0.4) is 0 Å². The molecule has 7 nitrogen and oxygen atoms in total. The van der Waals surface area contributed by atoms with Crippen LogP contribution in [0.4, 0.5) is 0 Å². The van der Waals surface area contributed by atoms with Crippen LogP contribution in [0.15, 0.2) is 46.5 Å². The van der Waals surface area contributed by atoms with Crippen LogP contribution in [0.5, 0.6) is 0 Å². The first kappa shape index (κ1) is 13.9. The Bertz CT molecular complexity index is 1080. The van der Waals surface area contributed by atoms with Crippen LogP contribution in [-0.4, -0.2) is 35.6 Å². The van der Waals surface area contributed by atoms with Crippen LogP contribution >= 0.6 is 11.8 Å². The van der Waals surface area contributed by atoms with Crippen molar-refractivity contribution in [3.63, 3.8) is 0 Å². The number of pyridine rings is 1. The van der Waals surface area contributed by atoms with E-state index in [0.29, 0.717) is 16.5 Å². The van der Waals surface area contributed by atoms with E-state index >= 15 is 0 Å². The van der Waals surface area contributed by atoms with Gasteiger partial charge in [0.25, 0.3) is 11.3 Å². The summed E-state index contributed by atoms with van der Waals surface area (Å²) in [6.07, 6.45) is 3.60. The molecule has 0 saturated carbocycles. The third-order valence-corrected chi connectivity index (χ3v) is 4.12. The lowest BCUT2D eigenvalue weighted by molar-refractivity contribution is 0.885. The Balaban J connectivity index is 2.00. The average molecular weight is 324 g/mol. The summed E-state index contributed by atoms with van der Waals surface area (Å²) in [7, 11) is 0. The van der Waals surface area contributed by atoms with Crippen molar-refractivity contribution in [1.29, 1.82) is 0 Å². The fourth-order valence-corrected chi connectivity index (χ4v) is 2.72. The molecular formula is C15H12N6OS. The predicted molar refractivity (Wildman–Crippen MR) is 88.2 cm³/mol. The van der Waals surface area contributed by atoms with E-state index in [4.69, 9.17) is 0 Å². The van der Waals surface area contributed by atoms with Gasteiger partial charge in [-0.05, 0) is 31.4 Å². The average Bonchev–Trinajstić information content (AvgIpc) is 3.00. The molecule has 0 radical (unpaired) electrons. The normalized spacial score (nSPS) is 11.4. The summed E-state index contributed by atoms with van der Waals surface area (Å²) in [6, 6.07) is 9.52. The van der Waals surface area contributed by atoms with Gasteiger partial charge in [0.1, 0.15) is 5.52 Å². The lowest BCUT2D eigenvalue weighted by atomic mass is 10.2. The lowest BCUT2D eigenvalue weighted by Gasteiger charge is -2.07. The van der Waals surface area contributed by atoms with Gasteiger partial charge in [-0.15, -0.1) is 15.3 Å². The number of fused-ring (bicyclic) bond motifs is 3. The Morgan fingerprint density at radius 3 is 2.61 bits per heavy atom. The number of aromatic nitrogens is 6. The standard InChI is InChI=1S/C15H12N6OS/c1-9-3-5-10(6-4-9)20-8-7-11-12(13(20)22)17-18-14-16-15(23-2)19-21(11)14/h3-8H,1-2H3. The topological polar surface area (TPSA) is 78.0 Å². The molecule has 8 heteroatoms. The van der Waals surface area contributed by atoms with E-state index < -0.39 is 0 Å². The number of hydrogen-bond donors (Lipinski definition) is 0. The van der Waals surface area contributed by atoms with Crippen LogP contribution in [0, 0.1) is 6.92 Å². The molecule has 0 atom stereocenters. The molecule has 0 bridgehead atoms. The minimum Gasteiger partial charge on any atom is -0.282 e. The molecule has 4 aromatic rings. The van der Waals surface area contributed by atoms with Crippen LogP contribution in [0.1, 0.15) is 5.56 Å². The van der Waals surface area contributed by atoms with Gasteiger partial charge in [0.2, 0.25) is 5.16 Å². The number of benzene rings is 1. The second kappa shape index (κ2) is 5.17. The highest BCUT2D eigenvalue weighted by molar-refractivity contribution is 7.98. The van der Waals surface area contributed by atoms with E-state index in [1.54, 1.807) is 21.3 Å². The monoisotopic (exact) mass is 324 g/mol. The van der Waals surface area contributed by atoms with E-state index in [9.17, 15) is 4.79 Å². The third-order valence-electron chi connectivity index (χ3n) is 3.58. The van der Waals surface area contributed by atoms with Crippen molar-refractivity contribution >= 4 is 28.6 Å². The summed E-state index contributed by atoms with van der Waals surface area (Å²) in [6.45, 7) is 2.00. The molecule has 0 N–H and O–H groups in total. The van der Waals surface area contributed by atoms with Crippen molar-refractivity contribution in [2.75, 3.05) is 6.26 Å². The molecule has 0 aliphatic heterocycles. The minimum absolute atomic E-state index is 0.234. The first-order valence-corrected chi connectivity index (χ1v) is 8.16. The fourth-order valence-electron chi connectivity index (χ4n) is 2.38. The van der Waals surface area contributed by atoms with Gasteiger partial charge < -0.3 is 0 Å². The Morgan fingerprint density at radius 2 is 1.87 bits per heavy atom. The molecule has 23 heavy (non-hydrogen) atoms. The fraction of sp³-hybridized carbons (Fsp3) is 0.133. The maximum Gasteiger partial charge on any atom is 0.285 e. The molecule has 1 aromatic carbocycles. The number of aryl methyl sites for hydroxylation is 1. The van der Waals surface area contributed by atoms with E-state index in [-0.39, 0.29) is 11.1 Å². The first-order valence-electron chi connectivity index (χ1n) is 6.93. The summed E-state index contributed by atoms with van der Waals surface area (Å²) in [5, 5.41) is 13.0. The van der Waals surface area contributed by atoms with Crippen molar-refractivity contribution in [3.8, 4) is 5.69 Å². The Labute approximate surface area is 135 Å². The highest BCUT2D eigenvalue weighted by atomic mass is 32.2. The van der Waals surface area contributed by atoms with Crippen LogP contribution in [-0.2, 0) is 0 Å². The van der Waals surface area contributed by atoms with Gasteiger partial charge in [0.15, 0.2) is 5.52 Å². The summed E-state index contributed by atoms with van der Waals surface area (Å²) >= 11 is 1.41. The largest absolute Gasteiger partial charge is 0.285 e. The quantitative estimate of drug-likeness (QED) is 0.524. The molecule has 0 aliphatic carbocycles. The number of thioether (sulfide) groups is 1. The van der Waals surface area contributed by atoms with Crippen molar-refractivity contribution in [3.05, 3.63) is 52.4 Å². The molecule has 0 unspecified atom stereocenters. The van der Waals surface area contributed by atoms with Gasteiger partial charge in [-0.3, -0.25) is 9.36 Å². The molecule has 0 saturated heterocycles. The SMILES string of the molecule is CSc1nc2nnc3c(=O)n(-c4ccc(C)cc4)ccc3n2n1. The van der Waals surface area contributed by atoms with Gasteiger partial charge in [-0.25, -0.2) is 0 Å². The highest BCUT2D eigenvalue weighted by Crippen LogP contribution is 2.14. The molecule has 3 aromatic heterocycles. The van der Waals surface area contributed by atoms with Crippen LogP contribution in [0.2, 0.25) is 0 Å². The van der Waals surface area contributed by atoms with Crippen molar-refractivity contribution in [2.24, 2.45) is 0 Å². The second-order valence-electron chi connectivity index (χ2n) is 5.07. The molecule has 0 fully saturated rings. The van der Waals surface area contributed by atoms with E-state index in [1.165, 1.54) is 11.8 Å². The van der Waals surface area contributed by atoms with Crippen LogP contribution < -0.4 is 5.56 Å². The van der Waals surface area contributed by atoms with Crippen molar-refractivity contribution in [2.45, 2.75) is 12.1 Å². The number of rotatable bonds is 2. The Hall–Kier alpha value is -2.74. The summed E-state index contributed by atoms with van der Waals surface area (Å²) in [5.74, 6) is 0.384. The molecule has 3 heterocycles. The molecular weight excluding hydrogens is 312 g/mol. The predicted octanol–water partition coefficient (Wildman–Crippen LogP) is 1.85. The zero-order chi connectivity index (χ0) is 16.0. The van der Waals surface area contributed by atoms with Gasteiger partial charge >= 0.3 is 0 Å². The van der Waals surface area contributed by atoms with Gasteiger partial charge in [0, 0.05) is 11.9 Å². The van der Waals surface area contributed by atoms with Gasteiger partial charge in [-0.1, -0.05) is 29.5 Å². The van der Waals surface area contributed by atoms with Gasteiger partial charge in [-0.2, -0.15) is 9.50 Å². The third kappa shape index (κ3) is 2.18. The first-order chi connectivity index (χ1) is 11.2. The van der Waals surface area contributed by atoms with Crippen molar-refractivity contribution in [1.82, 2.24) is 29.4 Å². The van der Waals surface area contributed by atoms with Crippen molar-refractivity contribution < 1.29 is 0 Å². The van der Waals surface area contributed by atoms with Crippen LogP contribution in [0.25, 0.3) is 22.5 Å². The molecule has 0 aliphatic rings. The van der Waals surface area contributed by atoms with E-state index in [1.807, 2.05) is 37.4 Å². The molecule has 0 spiro atoms. The minimum atomic E-state index is -0.234. The summed E-state index contributed by atoms with van der Waals surface area (Å²) in [4.78, 5) is 17.0. The molecule has 0 amide bonds. The second-order valence-corrected chi connectivity index (χ2v) is 5.84. The molecule has 114 valence electrons. The van der Waals surface area contributed by atoms with E-state index in [2.05, 4.69) is 20.3 Å². The van der Waals surface area contributed by atoms with Gasteiger partial charge in [0.05, 0.1) is 0 Å². The zero-order valence-corrected chi connectivity index (χ0v) is 13.3. The zero-order valence-electron chi connectivity index (χ0n) is 12.5. The maximum atomic E-state index is 12.7. The number of nitrogens with zero attached hydrogens (tertiary/aromatic N) is 6. The van der Waals surface area contributed by atoms with E-state index in [0.717, 1.165) is 11.3 Å². The summed E-state index contributed by atoms with van der Waals surface area (Å²) in [5.41, 5.74) is 2.54. The lowest BCUT2D eigenvalue weighted by Crippen LogP contribution is -2.20. The Kier molecular flexibility index (Phi) is 3.12. The smallest absolute Gasteiger partial charge is 0.282 e. The highest BCUT2D eigenvalue weighted by Gasteiger charge is 2.13. The summed E-state index contributed by atoms with van der Waals surface area (Å²) < 4.78 is 3.10. The number of hydrogen-bond acceptors (Lipinski definition) is 6. The Morgan fingerprint density at radius 1 is 1.09 bits per heavy atom. The molecule has 4 rings (SSSR count). The maximum absolute atomic E-state index is 12.7.